The SMILES string of the molecule is CSc1ccc(Cl)c(C(=O)N2CCC3(CCNC3)C2)c1.Cl. The molecule has 2 fully saturated rings. The number of carbonyl (C=O) groups is 1. The summed E-state index contributed by atoms with van der Waals surface area (Å²) in [5, 5.41) is 3.97. The first-order valence-corrected chi connectivity index (χ1v) is 8.57. The topological polar surface area (TPSA) is 32.3 Å². The molecule has 1 spiro atoms. The summed E-state index contributed by atoms with van der Waals surface area (Å²) in [5.41, 5.74) is 0.945. The molecule has 2 aliphatic heterocycles. The molecule has 1 N–H and O–H groups in total. The summed E-state index contributed by atoms with van der Waals surface area (Å²) in [6.07, 6.45) is 4.29. The molecule has 2 saturated heterocycles. The molecule has 1 amide bonds. The Balaban J connectivity index is 0.00000161. The third-order valence-corrected chi connectivity index (χ3v) is 5.52. The van der Waals surface area contributed by atoms with E-state index in [0.717, 1.165) is 37.5 Å². The van der Waals surface area contributed by atoms with Crippen LogP contribution >= 0.6 is 35.8 Å². The first-order chi connectivity index (χ1) is 9.63. The van der Waals surface area contributed by atoms with Gasteiger partial charge in [-0.15, -0.1) is 24.2 Å². The molecule has 1 unspecified atom stereocenters. The van der Waals surface area contributed by atoms with Crippen molar-refractivity contribution in [3.8, 4) is 0 Å². The van der Waals surface area contributed by atoms with E-state index in [1.165, 1.54) is 6.42 Å². The Kier molecular flexibility index (Phi) is 5.47. The second kappa shape index (κ2) is 6.78. The third-order valence-electron chi connectivity index (χ3n) is 4.46. The quantitative estimate of drug-likeness (QED) is 0.833. The van der Waals surface area contributed by atoms with E-state index >= 15 is 0 Å². The van der Waals surface area contributed by atoms with Gasteiger partial charge in [-0.2, -0.15) is 0 Å². The molecule has 3 rings (SSSR count). The van der Waals surface area contributed by atoms with Crippen molar-refractivity contribution in [2.75, 3.05) is 32.4 Å². The van der Waals surface area contributed by atoms with Gasteiger partial charge in [-0.05, 0) is 43.8 Å². The summed E-state index contributed by atoms with van der Waals surface area (Å²) in [5.74, 6) is 0.0784. The Hall–Kier alpha value is -0.420. The lowest BCUT2D eigenvalue weighted by Gasteiger charge is -2.23. The van der Waals surface area contributed by atoms with E-state index in [0.29, 0.717) is 16.0 Å². The fourth-order valence-corrected chi connectivity index (χ4v) is 3.86. The summed E-state index contributed by atoms with van der Waals surface area (Å²) in [7, 11) is 0. The Morgan fingerprint density at radius 2 is 2.24 bits per heavy atom. The summed E-state index contributed by atoms with van der Waals surface area (Å²) >= 11 is 7.84. The number of amides is 1. The van der Waals surface area contributed by atoms with Crippen molar-refractivity contribution in [2.24, 2.45) is 5.41 Å². The van der Waals surface area contributed by atoms with Crippen LogP contribution < -0.4 is 5.32 Å². The van der Waals surface area contributed by atoms with Gasteiger partial charge in [0.25, 0.3) is 5.91 Å². The predicted octanol–water partition coefficient (Wildman–Crippen LogP) is 3.31. The zero-order valence-corrected chi connectivity index (χ0v) is 14.4. The van der Waals surface area contributed by atoms with E-state index in [-0.39, 0.29) is 18.3 Å². The van der Waals surface area contributed by atoms with Gasteiger partial charge in [0.15, 0.2) is 0 Å². The summed E-state index contributed by atoms with van der Waals surface area (Å²) < 4.78 is 0. The van der Waals surface area contributed by atoms with Crippen LogP contribution in [-0.2, 0) is 0 Å². The number of rotatable bonds is 2. The van der Waals surface area contributed by atoms with Crippen LogP contribution in [0.1, 0.15) is 23.2 Å². The number of benzene rings is 1. The molecule has 2 aliphatic rings. The van der Waals surface area contributed by atoms with Crippen molar-refractivity contribution in [3.05, 3.63) is 28.8 Å². The Labute approximate surface area is 141 Å². The molecule has 0 bridgehead atoms. The van der Waals surface area contributed by atoms with Crippen molar-refractivity contribution in [1.82, 2.24) is 10.2 Å². The van der Waals surface area contributed by atoms with Crippen LogP contribution in [0.4, 0.5) is 0 Å². The molecule has 21 heavy (non-hydrogen) atoms. The van der Waals surface area contributed by atoms with Crippen molar-refractivity contribution >= 4 is 41.7 Å². The first kappa shape index (κ1) is 16.9. The van der Waals surface area contributed by atoms with Gasteiger partial charge in [-0.25, -0.2) is 0 Å². The smallest absolute Gasteiger partial charge is 0.255 e. The van der Waals surface area contributed by atoms with Crippen molar-refractivity contribution < 1.29 is 4.79 Å². The Bertz CT molecular complexity index is 532. The molecule has 1 atom stereocenters. The molecule has 0 aromatic heterocycles. The Morgan fingerprint density at radius 1 is 1.43 bits per heavy atom. The van der Waals surface area contributed by atoms with Gasteiger partial charge in [0.2, 0.25) is 0 Å². The molecule has 116 valence electrons. The second-order valence-corrected chi connectivity index (χ2v) is 7.04. The van der Waals surface area contributed by atoms with Crippen LogP contribution in [0.5, 0.6) is 0 Å². The maximum atomic E-state index is 12.7. The zero-order valence-electron chi connectivity index (χ0n) is 12.0. The number of halogens is 2. The number of carbonyl (C=O) groups excluding carboxylic acids is 1. The summed E-state index contributed by atoms with van der Waals surface area (Å²) in [6, 6.07) is 5.69. The second-order valence-electron chi connectivity index (χ2n) is 5.75. The minimum atomic E-state index is 0. The standard InChI is InChI=1S/C15H19ClN2OS.ClH/c1-20-11-2-3-13(16)12(8-11)14(19)18-7-5-15(10-18)4-6-17-9-15;/h2-3,8,17H,4-7,9-10H2,1H3;1H. The lowest BCUT2D eigenvalue weighted by molar-refractivity contribution is 0.0775. The molecule has 1 aromatic rings. The van der Waals surface area contributed by atoms with Crippen LogP contribution in [0.15, 0.2) is 23.1 Å². The van der Waals surface area contributed by atoms with E-state index in [9.17, 15) is 4.79 Å². The van der Waals surface area contributed by atoms with Gasteiger partial charge < -0.3 is 10.2 Å². The van der Waals surface area contributed by atoms with Gasteiger partial charge in [0, 0.05) is 29.9 Å². The van der Waals surface area contributed by atoms with Crippen LogP contribution in [-0.4, -0.2) is 43.2 Å². The van der Waals surface area contributed by atoms with Crippen LogP contribution in [0.25, 0.3) is 0 Å². The molecule has 0 saturated carbocycles. The molecule has 3 nitrogen and oxygen atoms in total. The third kappa shape index (κ3) is 3.34. The van der Waals surface area contributed by atoms with E-state index in [1.54, 1.807) is 11.8 Å². The van der Waals surface area contributed by atoms with Crippen LogP contribution in [0, 0.1) is 5.41 Å². The van der Waals surface area contributed by atoms with Crippen LogP contribution in [0.2, 0.25) is 5.02 Å². The highest BCUT2D eigenvalue weighted by molar-refractivity contribution is 7.98. The van der Waals surface area contributed by atoms with E-state index < -0.39 is 0 Å². The van der Waals surface area contributed by atoms with E-state index in [4.69, 9.17) is 11.6 Å². The number of likely N-dealkylation sites (tertiary alicyclic amines) is 1. The minimum absolute atomic E-state index is 0. The molecule has 2 heterocycles. The highest BCUT2D eigenvalue weighted by atomic mass is 35.5. The Morgan fingerprint density at radius 3 is 2.90 bits per heavy atom. The van der Waals surface area contributed by atoms with E-state index in [1.807, 2.05) is 29.4 Å². The van der Waals surface area contributed by atoms with Gasteiger partial charge >= 0.3 is 0 Å². The normalized spacial score (nSPS) is 24.4. The first-order valence-electron chi connectivity index (χ1n) is 6.97. The summed E-state index contributed by atoms with van der Waals surface area (Å²) in [6.45, 7) is 3.82. The summed E-state index contributed by atoms with van der Waals surface area (Å²) in [4.78, 5) is 15.7. The molecule has 1 aromatic carbocycles. The maximum absolute atomic E-state index is 12.7. The average Bonchev–Trinajstić information content (AvgIpc) is 3.09. The number of hydrogen-bond donors (Lipinski definition) is 1. The number of nitrogens with zero attached hydrogens (tertiary/aromatic N) is 1. The van der Waals surface area contributed by atoms with Crippen LogP contribution in [0.3, 0.4) is 0 Å². The average molecular weight is 347 g/mol. The van der Waals surface area contributed by atoms with Crippen molar-refractivity contribution in [1.29, 1.82) is 0 Å². The van der Waals surface area contributed by atoms with Crippen molar-refractivity contribution in [2.45, 2.75) is 17.7 Å². The largest absolute Gasteiger partial charge is 0.338 e. The molecular formula is C15H20Cl2N2OS. The highest BCUT2D eigenvalue weighted by Gasteiger charge is 2.42. The van der Waals surface area contributed by atoms with Gasteiger partial charge in [0.05, 0.1) is 10.6 Å². The van der Waals surface area contributed by atoms with Gasteiger partial charge in [-0.3, -0.25) is 4.79 Å². The monoisotopic (exact) mass is 346 g/mol. The van der Waals surface area contributed by atoms with Gasteiger partial charge in [-0.1, -0.05) is 11.6 Å². The maximum Gasteiger partial charge on any atom is 0.255 e. The molecular weight excluding hydrogens is 327 g/mol. The molecule has 0 aliphatic carbocycles. The fourth-order valence-electron chi connectivity index (χ4n) is 3.22. The molecule has 0 radical (unpaired) electrons. The predicted molar refractivity (Wildman–Crippen MR) is 90.9 cm³/mol. The highest BCUT2D eigenvalue weighted by Crippen LogP contribution is 2.37. The molecule has 6 heteroatoms. The zero-order chi connectivity index (χ0) is 14.2. The lowest BCUT2D eigenvalue weighted by atomic mass is 9.86. The lowest BCUT2D eigenvalue weighted by Crippen LogP contribution is -2.33. The van der Waals surface area contributed by atoms with Crippen molar-refractivity contribution in [3.63, 3.8) is 0 Å². The van der Waals surface area contributed by atoms with E-state index in [2.05, 4.69) is 5.32 Å². The minimum Gasteiger partial charge on any atom is -0.338 e. The number of hydrogen-bond acceptors (Lipinski definition) is 3. The van der Waals surface area contributed by atoms with Gasteiger partial charge in [0.1, 0.15) is 0 Å². The number of thioether (sulfide) groups is 1. The fraction of sp³-hybridized carbons (Fsp3) is 0.533. The number of nitrogens with one attached hydrogen (secondary N) is 1.